The van der Waals surface area contributed by atoms with Crippen LogP contribution in [-0.4, -0.2) is 28.5 Å². The van der Waals surface area contributed by atoms with Crippen molar-refractivity contribution in [2.75, 3.05) is 12.8 Å². The molecule has 0 saturated carbocycles. The molecule has 0 aliphatic heterocycles. The largest absolute Gasteiger partial charge is 0.463 e. The second kappa shape index (κ2) is 6.76. The first-order chi connectivity index (χ1) is 6.45. The van der Waals surface area contributed by atoms with Crippen LogP contribution in [0, 0.1) is 0 Å². The standard InChI is InChI=1S/C8H15O5P/c1-2-8(9)13-6-4-3-5-7-14(10,11)12/h2H,1,3-7H2,(H2,10,11,12). The first-order valence-electron chi connectivity index (χ1n) is 4.29. The van der Waals surface area contributed by atoms with Crippen LogP contribution in [0.2, 0.25) is 0 Å². The molecule has 14 heavy (non-hydrogen) atoms. The van der Waals surface area contributed by atoms with Gasteiger partial charge in [0.2, 0.25) is 0 Å². The molecule has 0 aliphatic rings. The minimum Gasteiger partial charge on any atom is -0.463 e. The Hall–Kier alpha value is -0.640. The van der Waals surface area contributed by atoms with Crippen molar-refractivity contribution in [3.63, 3.8) is 0 Å². The molecule has 5 nitrogen and oxygen atoms in total. The third-order valence-corrected chi connectivity index (χ3v) is 2.40. The van der Waals surface area contributed by atoms with E-state index in [-0.39, 0.29) is 12.8 Å². The van der Waals surface area contributed by atoms with Gasteiger partial charge >= 0.3 is 13.6 Å². The highest BCUT2D eigenvalue weighted by Crippen LogP contribution is 2.35. The van der Waals surface area contributed by atoms with E-state index in [4.69, 9.17) is 9.79 Å². The molecule has 2 N–H and O–H groups in total. The summed E-state index contributed by atoms with van der Waals surface area (Å²) in [5.74, 6) is -0.472. The Morgan fingerprint density at radius 2 is 2.00 bits per heavy atom. The second-order valence-corrected chi connectivity index (χ2v) is 4.60. The molecular formula is C8H15O5P. The van der Waals surface area contributed by atoms with Crippen LogP contribution in [0.15, 0.2) is 12.7 Å². The van der Waals surface area contributed by atoms with E-state index in [2.05, 4.69) is 11.3 Å². The van der Waals surface area contributed by atoms with Crippen LogP contribution in [0.25, 0.3) is 0 Å². The van der Waals surface area contributed by atoms with Gasteiger partial charge in [-0.05, 0) is 19.3 Å². The van der Waals surface area contributed by atoms with Gasteiger partial charge in [-0.1, -0.05) is 6.58 Å². The molecule has 0 amide bonds. The molecule has 0 atom stereocenters. The van der Waals surface area contributed by atoms with Crippen LogP contribution < -0.4 is 0 Å². The zero-order valence-electron chi connectivity index (χ0n) is 7.89. The lowest BCUT2D eigenvalue weighted by Gasteiger charge is -2.03. The van der Waals surface area contributed by atoms with Crippen LogP contribution in [-0.2, 0) is 14.1 Å². The van der Waals surface area contributed by atoms with Gasteiger partial charge in [0.05, 0.1) is 6.61 Å². The maximum Gasteiger partial charge on any atom is 0.330 e. The van der Waals surface area contributed by atoms with Crippen molar-refractivity contribution in [1.29, 1.82) is 0 Å². The van der Waals surface area contributed by atoms with Crippen LogP contribution in [0.5, 0.6) is 0 Å². The maximum absolute atomic E-state index is 10.5. The number of rotatable bonds is 7. The average molecular weight is 222 g/mol. The highest BCUT2D eigenvalue weighted by Gasteiger charge is 2.10. The van der Waals surface area contributed by atoms with Crippen molar-refractivity contribution >= 4 is 13.6 Å². The van der Waals surface area contributed by atoms with Gasteiger partial charge in [0.25, 0.3) is 0 Å². The molecule has 82 valence electrons. The highest BCUT2D eigenvalue weighted by molar-refractivity contribution is 7.51. The fraction of sp³-hybridized carbons (Fsp3) is 0.625. The van der Waals surface area contributed by atoms with Crippen molar-refractivity contribution in [3.8, 4) is 0 Å². The second-order valence-electron chi connectivity index (χ2n) is 2.82. The van der Waals surface area contributed by atoms with E-state index in [1.54, 1.807) is 0 Å². The number of hydrogen-bond donors (Lipinski definition) is 2. The summed E-state index contributed by atoms with van der Waals surface area (Å²) in [4.78, 5) is 27.6. The topological polar surface area (TPSA) is 83.8 Å². The summed E-state index contributed by atoms with van der Waals surface area (Å²) >= 11 is 0. The molecule has 0 unspecified atom stereocenters. The molecule has 0 fully saturated rings. The predicted molar refractivity (Wildman–Crippen MR) is 51.9 cm³/mol. The number of hydrogen-bond acceptors (Lipinski definition) is 3. The highest BCUT2D eigenvalue weighted by atomic mass is 31.2. The lowest BCUT2D eigenvalue weighted by atomic mass is 10.3. The van der Waals surface area contributed by atoms with Crippen LogP contribution >= 0.6 is 7.60 Å². The number of esters is 1. The van der Waals surface area contributed by atoms with Gasteiger partial charge in [0, 0.05) is 12.2 Å². The average Bonchev–Trinajstić information content (AvgIpc) is 2.08. The molecule has 0 aromatic rings. The van der Waals surface area contributed by atoms with Crippen molar-refractivity contribution in [1.82, 2.24) is 0 Å². The number of ether oxygens (including phenoxy) is 1. The molecule has 0 bridgehead atoms. The first-order valence-corrected chi connectivity index (χ1v) is 6.09. The lowest BCUT2D eigenvalue weighted by Crippen LogP contribution is -2.01. The molecule has 0 rings (SSSR count). The molecule has 0 radical (unpaired) electrons. The summed E-state index contributed by atoms with van der Waals surface area (Å²) in [7, 11) is -3.86. The first kappa shape index (κ1) is 13.4. The van der Waals surface area contributed by atoms with E-state index in [1.165, 1.54) is 0 Å². The summed E-state index contributed by atoms with van der Waals surface area (Å²) in [5.41, 5.74) is 0. The monoisotopic (exact) mass is 222 g/mol. The Morgan fingerprint density at radius 1 is 1.36 bits per heavy atom. The van der Waals surface area contributed by atoms with Crippen molar-refractivity contribution in [3.05, 3.63) is 12.7 Å². The summed E-state index contributed by atoms with van der Waals surface area (Å²) in [6.45, 7) is 3.50. The Bertz CT molecular complexity index is 232. The fourth-order valence-electron chi connectivity index (χ4n) is 0.828. The molecule has 0 spiro atoms. The zero-order valence-corrected chi connectivity index (χ0v) is 8.78. The summed E-state index contributed by atoms with van der Waals surface area (Å²) in [5, 5.41) is 0. The summed E-state index contributed by atoms with van der Waals surface area (Å²) in [6.07, 6.45) is 2.66. The van der Waals surface area contributed by atoms with Gasteiger partial charge in [0.15, 0.2) is 0 Å². The predicted octanol–water partition coefficient (Wildman–Crippen LogP) is 1.06. The normalized spacial score (nSPS) is 11.0. The summed E-state index contributed by atoms with van der Waals surface area (Å²) < 4.78 is 15.1. The van der Waals surface area contributed by atoms with Crippen molar-refractivity contribution in [2.24, 2.45) is 0 Å². The quantitative estimate of drug-likeness (QED) is 0.291. The van der Waals surface area contributed by atoms with Crippen LogP contribution in [0.3, 0.4) is 0 Å². The zero-order chi connectivity index (χ0) is 11.0. The van der Waals surface area contributed by atoms with E-state index < -0.39 is 13.6 Å². The molecule has 0 aromatic carbocycles. The van der Waals surface area contributed by atoms with Crippen LogP contribution in [0.1, 0.15) is 19.3 Å². The third kappa shape index (κ3) is 9.45. The SMILES string of the molecule is C=CC(=O)OCCCCCP(=O)(O)O. The van der Waals surface area contributed by atoms with E-state index in [1.807, 2.05) is 0 Å². The molecule has 0 aliphatic carbocycles. The third-order valence-electron chi connectivity index (χ3n) is 1.50. The van der Waals surface area contributed by atoms with Crippen LogP contribution in [0.4, 0.5) is 0 Å². The van der Waals surface area contributed by atoms with Gasteiger partial charge in [0.1, 0.15) is 0 Å². The molecule has 0 aromatic heterocycles. The van der Waals surface area contributed by atoms with Gasteiger partial charge in [-0.15, -0.1) is 0 Å². The number of carbonyl (C=O) groups excluding carboxylic acids is 1. The Balaban J connectivity index is 3.27. The fourth-order valence-corrected chi connectivity index (χ4v) is 1.46. The van der Waals surface area contributed by atoms with Crippen molar-refractivity contribution < 1.29 is 23.9 Å². The number of carbonyl (C=O) groups is 1. The summed E-state index contributed by atoms with van der Waals surface area (Å²) in [6, 6.07) is 0. The van der Waals surface area contributed by atoms with E-state index in [0.717, 1.165) is 6.08 Å². The van der Waals surface area contributed by atoms with Gasteiger partial charge < -0.3 is 14.5 Å². The molecule has 0 heterocycles. The van der Waals surface area contributed by atoms with Crippen molar-refractivity contribution in [2.45, 2.75) is 19.3 Å². The molecular weight excluding hydrogens is 207 g/mol. The Labute approximate surface area is 82.9 Å². The Morgan fingerprint density at radius 3 is 2.50 bits per heavy atom. The minimum absolute atomic E-state index is 0.109. The smallest absolute Gasteiger partial charge is 0.330 e. The van der Waals surface area contributed by atoms with Gasteiger partial charge in [-0.25, -0.2) is 4.79 Å². The maximum atomic E-state index is 10.5. The molecule has 0 saturated heterocycles. The minimum atomic E-state index is -3.86. The van der Waals surface area contributed by atoms with E-state index >= 15 is 0 Å². The molecule has 6 heteroatoms. The lowest BCUT2D eigenvalue weighted by molar-refractivity contribution is -0.137. The van der Waals surface area contributed by atoms with Gasteiger partial charge in [-0.3, -0.25) is 4.57 Å². The Kier molecular flexibility index (Phi) is 6.45. The number of unbranched alkanes of at least 4 members (excludes halogenated alkanes) is 2. The van der Waals surface area contributed by atoms with Gasteiger partial charge in [-0.2, -0.15) is 0 Å². The van der Waals surface area contributed by atoms with E-state index in [0.29, 0.717) is 19.3 Å². The van der Waals surface area contributed by atoms with E-state index in [9.17, 15) is 9.36 Å².